The van der Waals surface area contributed by atoms with Crippen molar-refractivity contribution in [1.82, 2.24) is 0 Å². The van der Waals surface area contributed by atoms with Gasteiger partial charge in [-0.05, 0) is 43.7 Å². The Kier molecular flexibility index (Phi) is 9.62. The molecule has 1 aromatic rings. The lowest BCUT2D eigenvalue weighted by Crippen LogP contribution is -2.30. The van der Waals surface area contributed by atoms with Gasteiger partial charge in [-0.2, -0.15) is 0 Å². The van der Waals surface area contributed by atoms with E-state index in [0.29, 0.717) is 19.3 Å². The van der Waals surface area contributed by atoms with Gasteiger partial charge in [0.25, 0.3) is 5.69 Å². The summed E-state index contributed by atoms with van der Waals surface area (Å²) in [5.74, 6) is -1.62. The quantitative estimate of drug-likeness (QED) is 0.276. The van der Waals surface area contributed by atoms with Crippen LogP contribution in [0.5, 0.6) is 0 Å². The van der Waals surface area contributed by atoms with Crippen molar-refractivity contribution in [2.45, 2.75) is 85.4 Å². The van der Waals surface area contributed by atoms with E-state index in [2.05, 4.69) is 0 Å². The van der Waals surface area contributed by atoms with Gasteiger partial charge in [-0.3, -0.25) is 10.1 Å². The minimum Gasteiger partial charge on any atom is -0.459 e. The number of nitrogens with zero attached hydrogens (tertiary/aromatic N) is 1. The SMILES string of the molecule is CCC(C)(CC)CC(O)COC(=O)c1ccc(C(=O)OC(C)(CC)CC)cc1[N+](=O)[O-]. The van der Waals surface area contributed by atoms with E-state index in [1.165, 1.54) is 12.1 Å². The van der Waals surface area contributed by atoms with E-state index in [1.54, 1.807) is 6.92 Å². The topological polar surface area (TPSA) is 116 Å². The smallest absolute Gasteiger partial charge is 0.345 e. The molecule has 0 aliphatic carbocycles. The summed E-state index contributed by atoms with van der Waals surface area (Å²) in [5, 5.41) is 21.7. The number of ether oxygens (including phenoxy) is 2. The number of carbonyl (C=O) groups is 2. The van der Waals surface area contributed by atoms with Crippen LogP contribution in [0.25, 0.3) is 0 Å². The van der Waals surface area contributed by atoms with Crippen molar-refractivity contribution >= 4 is 17.6 Å². The molecule has 0 bridgehead atoms. The lowest BCUT2D eigenvalue weighted by molar-refractivity contribution is -0.385. The summed E-state index contributed by atoms with van der Waals surface area (Å²) in [6.45, 7) is 11.4. The number of nitro benzene ring substituents is 1. The minimum atomic E-state index is -0.924. The zero-order valence-corrected chi connectivity index (χ0v) is 19.4. The number of rotatable bonds is 12. The van der Waals surface area contributed by atoms with Crippen molar-refractivity contribution in [1.29, 1.82) is 0 Å². The summed E-state index contributed by atoms with van der Waals surface area (Å²) in [5.41, 5.74) is -1.60. The van der Waals surface area contributed by atoms with E-state index in [4.69, 9.17) is 9.47 Å². The molecular weight excluding hydrogens is 402 g/mol. The number of aliphatic hydroxyl groups excluding tert-OH is 1. The van der Waals surface area contributed by atoms with Crippen LogP contribution in [-0.4, -0.2) is 40.3 Å². The van der Waals surface area contributed by atoms with Gasteiger partial charge in [0.15, 0.2) is 0 Å². The Hall–Kier alpha value is -2.48. The first-order valence-electron chi connectivity index (χ1n) is 10.8. The van der Waals surface area contributed by atoms with Gasteiger partial charge in [0.1, 0.15) is 17.8 Å². The zero-order chi connectivity index (χ0) is 23.8. The Morgan fingerprint density at radius 2 is 1.65 bits per heavy atom. The van der Waals surface area contributed by atoms with Crippen LogP contribution in [0.15, 0.2) is 18.2 Å². The second-order valence-electron chi connectivity index (χ2n) is 8.51. The van der Waals surface area contributed by atoms with Crippen LogP contribution in [-0.2, 0) is 9.47 Å². The standard InChI is InChI=1S/C23H35NO7/c1-7-22(5,8-2)14-17(25)15-30-21(27)18-12-11-16(13-19(18)24(28)29)20(26)31-23(6,9-3)10-4/h11-13,17,25H,7-10,14-15H2,1-6H3. The molecular formula is C23H35NO7. The van der Waals surface area contributed by atoms with Gasteiger partial charge in [-0.25, -0.2) is 9.59 Å². The highest BCUT2D eigenvalue weighted by Gasteiger charge is 2.29. The summed E-state index contributed by atoms with van der Waals surface area (Å²) >= 11 is 0. The largest absolute Gasteiger partial charge is 0.459 e. The average molecular weight is 438 g/mol. The Morgan fingerprint density at radius 1 is 1.06 bits per heavy atom. The molecule has 0 aliphatic rings. The van der Waals surface area contributed by atoms with Crippen LogP contribution in [0.4, 0.5) is 5.69 Å². The molecule has 0 fully saturated rings. The van der Waals surface area contributed by atoms with Crippen LogP contribution >= 0.6 is 0 Å². The van der Waals surface area contributed by atoms with E-state index in [9.17, 15) is 24.8 Å². The molecule has 1 N–H and O–H groups in total. The number of hydrogen-bond acceptors (Lipinski definition) is 7. The minimum absolute atomic E-state index is 0.0157. The average Bonchev–Trinajstić information content (AvgIpc) is 2.76. The third-order valence-electron chi connectivity index (χ3n) is 6.33. The van der Waals surface area contributed by atoms with Crippen molar-refractivity contribution in [2.24, 2.45) is 5.41 Å². The van der Waals surface area contributed by atoms with E-state index < -0.39 is 34.3 Å². The highest BCUT2D eigenvalue weighted by Crippen LogP contribution is 2.31. The third-order valence-corrected chi connectivity index (χ3v) is 6.33. The Morgan fingerprint density at radius 3 is 2.13 bits per heavy atom. The predicted octanol–water partition coefficient (Wildman–Crippen LogP) is 5.06. The lowest BCUT2D eigenvalue weighted by Gasteiger charge is -2.29. The fourth-order valence-electron chi connectivity index (χ4n) is 3.08. The summed E-state index contributed by atoms with van der Waals surface area (Å²) in [6.07, 6.45) is 2.51. The second-order valence-corrected chi connectivity index (χ2v) is 8.51. The highest BCUT2D eigenvalue weighted by molar-refractivity contribution is 5.97. The molecule has 31 heavy (non-hydrogen) atoms. The summed E-state index contributed by atoms with van der Waals surface area (Å²) in [6, 6.07) is 3.51. The van der Waals surface area contributed by atoms with Gasteiger partial charge in [-0.15, -0.1) is 0 Å². The number of hydrogen-bond donors (Lipinski definition) is 1. The van der Waals surface area contributed by atoms with Gasteiger partial charge in [0.05, 0.1) is 16.6 Å². The number of aliphatic hydroxyl groups is 1. The van der Waals surface area contributed by atoms with Crippen LogP contribution in [0.2, 0.25) is 0 Å². The Balaban J connectivity index is 2.97. The number of benzene rings is 1. The van der Waals surface area contributed by atoms with Crippen LogP contribution in [0, 0.1) is 15.5 Å². The maximum Gasteiger partial charge on any atom is 0.345 e. The molecule has 8 nitrogen and oxygen atoms in total. The van der Waals surface area contributed by atoms with Gasteiger partial charge in [0.2, 0.25) is 0 Å². The van der Waals surface area contributed by atoms with Crippen LogP contribution in [0.1, 0.15) is 94.4 Å². The molecule has 1 atom stereocenters. The monoisotopic (exact) mass is 437 g/mol. The predicted molar refractivity (Wildman–Crippen MR) is 117 cm³/mol. The maximum atomic E-state index is 12.4. The molecule has 1 rings (SSSR count). The van der Waals surface area contributed by atoms with Crippen LogP contribution < -0.4 is 0 Å². The number of esters is 2. The zero-order valence-electron chi connectivity index (χ0n) is 19.4. The van der Waals surface area contributed by atoms with Gasteiger partial charge in [-0.1, -0.05) is 47.5 Å². The third kappa shape index (κ3) is 7.31. The van der Waals surface area contributed by atoms with Crippen molar-refractivity contribution in [3.8, 4) is 0 Å². The normalized spacial score (nSPS) is 12.9. The highest BCUT2D eigenvalue weighted by atomic mass is 16.6. The second kappa shape index (κ2) is 11.2. The summed E-state index contributed by atoms with van der Waals surface area (Å²) < 4.78 is 10.6. The van der Waals surface area contributed by atoms with E-state index >= 15 is 0 Å². The Bertz CT molecular complexity index is 782. The molecule has 0 heterocycles. The molecule has 8 heteroatoms. The van der Waals surface area contributed by atoms with E-state index in [1.807, 2.05) is 34.6 Å². The van der Waals surface area contributed by atoms with Crippen molar-refractivity contribution < 1.29 is 29.1 Å². The van der Waals surface area contributed by atoms with E-state index in [-0.39, 0.29) is 23.1 Å². The van der Waals surface area contributed by atoms with Gasteiger partial charge in [0, 0.05) is 6.07 Å². The molecule has 0 radical (unpaired) electrons. The first-order valence-corrected chi connectivity index (χ1v) is 10.8. The van der Waals surface area contributed by atoms with E-state index in [0.717, 1.165) is 18.9 Å². The van der Waals surface area contributed by atoms with Gasteiger partial charge < -0.3 is 14.6 Å². The molecule has 1 aromatic carbocycles. The number of nitro groups is 1. The summed E-state index contributed by atoms with van der Waals surface area (Å²) in [4.78, 5) is 35.6. The summed E-state index contributed by atoms with van der Waals surface area (Å²) in [7, 11) is 0. The fraction of sp³-hybridized carbons (Fsp3) is 0.652. The Labute approximate surface area is 184 Å². The molecule has 0 aliphatic heterocycles. The van der Waals surface area contributed by atoms with Crippen molar-refractivity contribution in [3.63, 3.8) is 0 Å². The van der Waals surface area contributed by atoms with Gasteiger partial charge >= 0.3 is 11.9 Å². The number of carbonyl (C=O) groups excluding carboxylic acids is 2. The lowest BCUT2D eigenvalue weighted by atomic mass is 9.80. The molecule has 0 saturated heterocycles. The first-order chi connectivity index (χ1) is 14.4. The maximum absolute atomic E-state index is 12.4. The van der Waals surface area contributed by atoms with Crippen LogP contribution in [0.3, 0.4) is 0 Å². The van der Waals surface area contributed by atoms with Crippen molar-refractivity contribution in [3.05, 3.63) is 39.4 Å². The molecule has 0 spiro atoms. The molecule has 1 unspecified atom stereocenters. The fourth-order valence-corrected chi connectivity index (χ4v) is 3.08. The first kappa shape index (κ1) is 26.6. The molecule has 0 amide bonds. The molecule has 0 aromatic heterocycles. The molecule has 0 saturated carbocycles. The molecule has 174 valence electrons. The van der Waals surface area contributed by atoms with Crippen molar-refractivity contribution in [2.75, 3.05) is 6.61 Å².